The molecule has 0 aromatic heterocycles. The SMILES string of the molecule is CC(C)C(CCN)CCC(=O)C1CCOC2(CCC2)C1. The van der Waals surface area contributed by atoms with E-state index in [9.17, 15) is 4.79 Å². The van der Waals surface area contributed by atoms with E-state index in [2.05, 4.69) is 13.8 Å². The maximum absolute atomic E-state index is 12.5. The molecule has 0 radical (unpaired) electrons. The van der Waals surface area contributed by atoms with Crippen molar-refractivity contribution in [2.24, 2.45) is 23.5 Å². The molecule has 1 heterocycles. The van der Waals surface area contributed by atoms with Gasteiger partial charge in [0.15, 0.2) is 0 Å². The van der Waals surface area contributed by atoms with Crippen LogP contribution in [0, 0.1) is 17.8 Å². The number of ether oxygens (including phenoxy) is 1. The predicted molar refractivity (Wildman–Crippen MR) is 81.5 cm³/mol. The number of carbonyl (C=O) groups is 1. The van der Waals surface area contributed by atoms with Gasteiger partial charge in [-0.2, -0.15) is 0 Å². The number of rotatable bonds is 7. The van der Waals surface area contributed by atoms with Crippen LogP contribution in [-0.2, 0) is 9.53 Å². The van der Waals surface area contributed by atoms with Gasteiger partial charge in [-0.3, -0.25) is 4.79 Å². The largest absolute Gasteiger partial charge is 0.375 e. The first kappa shape index (κ1) is 16.0. The first-order valence-electron chi connectivity index (χ1n) is 8.43. The van der Waals surface area contributed by atoms with E-state index >= 15 is 0 Å². The summed E-state index contributed by atoms with van der Waals surface area (Å²) < 4.78 is 5.92. The third-order valence-corrected chi connectivity index (χ3v) is 5.45. The number of hydrogen-bond donors (Lipinski definition) is 1. The number of ketones is 1. The van der Waals surface area contributed by atoms with Gasteiger partial charge in [-0.05, 0) is 63.3 Å². The highest BCUT2D eigenvalue weighted by molar-refractivity contribution is 5.81. The maximum Gasteiger partial charge on any atom is 0.136 e. The van der Waals surface area contributed by atoms with Crippen molar-refractivity contribution in [3.05, 3.63) is 0 Å². The molecule has 0 amide bonds. The Hall–Kier alpha value is -0.410. The van der Waals surface area contributed by atoms with Crippen LogP contribution < -0.4 is 5.73 Å². The summed E-state index contributed by atoms with van der Waals surface area (Å²) in [7, 11) is 0. The molecule has 2 rings (SSSR count). The van der Waals surface area contributed by atoms with Crippen LogP contribution in [0.15, 0.2) is 0 Å². The molecule has 1 aliphatic heterocycles. The molecule has 2 aliphatic rings. The molecule has 3 heteroatoms. The second kappa shape index (κ2) is 7.04. The quantitative estimate of drug-likeness (QED) is 0.779. The van der Waals surface area contributed by atoms with Gasteiger partial charge in [-0.15, -0.1) is 0 Å². The highest BCUT2D eigenvalue weighted by atomic mass is 16.5. The summed E-state index contributed by atoms with van der Waals surface area (Å²) in [5.41, 5.74) is 5.77. The van der Waals surface area contributed by atoms with E-state index in [0.717, 1.165) is 45.3 Å². The normalized spacial score (nSPS) is 26.5. The monoisotopic (exact) mass is 281 g/mol. The van der Waals surface area contributed by atoms with Crippen LogP contribution in [0.4, 0.5) is 0 Å². The molecule has 1 aliphatic carbocycles. The van der Waals surface area contributed by atoms with Gasteiger partial charge in [0.2, 0.25) is 0 Å². The summed E-state index contributed by atoms with van der Waals surface area (Å²) in [6, 6.07) is 0. The van der Waals surface area contributed by atoms with E-state index in [-0.39, 0.29) is 11.5 Å². The maximum atomic E-state index is 12.5. The minimum absolute atomic E-state index is 0.0906. The fourth-order valence-corrected chi connectivity index (χ4v) is 3.78. The minimum atomic E-state index is 0.0906. The molecule has 0 bridgehead atoms. The number of hydrogen-bond acceptors (Lipinski definition) is 3. The summed E-state index contributed by atoms with van der Waals surface area (Å²) in [6.45, 7) is 6.00. The molecular weight excluding hydrogens is 250 g/mol. The fraction of sp³-hybridized carbons (Fsp3) is 0.941. The van der Waals surface area contributed by atoms with Crippen molar-refractivity contribution in [2.45, 2.75) is 70.8 Å². The molecule has 116 valence electrons. The Labute approximate surface area is 123 Å². The van der Waals surface area contributed by atoms with Crippen molar-refractivity contribution in [2.75, 3.05) is 13.2 Å². The van der Waals surface area contributed by atoms with Crippen LogP contribution in [-0.4, -0.2) is 24.5 Å². The molecule has 3 nitrogen and oxygen atoms in total. The summed E-state index contributed by atoms with van der Waals surface area (Å²) in [6.07, 6.45) is 8.31. The highest BCUT2D eigenvalue weighted by Crippen LogP contribution is 2.44. The molecule has 0 aromatic rings. The van der Waals surface area contributed by atoms with Crippen LogP contribution in [0.1, 0.15) is 65.2 Å². The van der Waals surface area contributed by atoms with E-state index in [0.29, 0.717) is 17.6 Å². The van der Waals surface area contributed by atoms with Gasteiger partial charge < -0.3 is 10.5 Å². The van der Waals surface area contributed by atoms with Crippen LogP contribution >= 0.6 is 0 Å². The van der Waals surface area contributed by atoms with Crippen molar-refractivity contribution in [3.8, 4) is 0 Å². The molecule has 2 atom stereocenters. The smallest absolute Gasteiger partial charge is 0.136 e. The number of nitrogens with two attached hydrogens (primary N) is 1. The van der Waals surface area contributed by atoms with Crippen molar-refractivity contribution in [1.82, 2.24) is 0 Å². The van der Waals surface area contributed by atoms with Crippen LogP contribution in [0.5, 0.6) is 0 Å². The average molecular weight is 281 g/mol. The van der Waals surface area contributed by atoms with Gasteiger partial charge in [-0.1, -0.05) is 13.8 Å². The molecule has 1 saturated carbocycles. The molecule has 2 fully saturated rings. The lowest BCUT2D eigenvalue weighted by Gasteiger charge is -2.47. The Kier molecular flexibility index (Phi) is 5.62. The van der Waals surface area contributed by atoms with E-state index in [1.54, 1.807) is 0 Å². The Morgan fingerprint density at radius 2 is 2.10 bits per heavy atom. The molecular formula is C17H31NO2. The van der Waals surface area contributed by atoms with Crippen LogP contribution in [0.25, 0.3) is 0 Å². The molecule has 2 N–H and O–H groups in total. The lowest BCUT2D eigenvalue weighted by atomic mass is 9.70. The summed E-state index contributed by atoms with van der Waals surface area (Å²) >= 11 is 0. The molecule has 20 heavy (non-hydrogen) atoms. The third kappa shape index (κ3) is 3.82. The van der Waals surface area contributed by atoms with Gasteiger partial charge in [0.05, 0.1) is 5.60 Å². The van der Waals surface area contributed by atoms with E-state index in [4.69, 9.17) is 10.5 Å². The Morgan fingerprint density at radius 1 is 1.35 bits per heavy atom. The Morgan fingerprint density at radius 3 is 2.65 bits per heavy atom. The molecule has 2 unspecified atom stereocenters. The van der Waals surface area contributed by atoms with Gasteiger partial charge in [0.25, 0.3) is 0 Å². The molecule has 0 aromatic carbocycles. The first-order valence-corrected chi connectivity index (χ1v) is 8.43. The van der Waals surface area contributed by atoms with Gasteiger partial charge >= 0.3 is 0 Å². The molecule has 1 spiro atoms. The van der Waals surface area contributed by atoms with E-state index in [1.807, 2.05) is 0 Å². The van der Waals surface area contributed by atoms with Gasteiger partial charge in [0.1, 0.15) is 5.78 Å². The number of carbonyl (C=O) groups excluding carboxylic acids is 1. The van der Waals surface area contributed by atoms with Gasteiger partial charge in [-0.25, -0.2) is 0 Å². The zero-order chi connectivity index (χ0) is 14.6. The second-order valence-electron chi connectivity index (χ2n) is 7.16. The molecule has 1 saturated heterocycles. The summed E-state index contributed by atoms with van der Waals surface area (Å²) in [5, 5.41) is 0. The zero-order valence-electron chi connectivity index (χ0n) is 13.2. The fourth-order valence-electron chi connectivity index (χ4n) is 3.78. The summed E-state index contributed by atoms with van der Waals surface area (Å²) in [4.78, 5) is 12.5. The van der Waals surface area contributed by atoms with Crippen molar-refractivity contribution in [3.63, 3.8) is 0 Å². The highest BCUT2D eigenvalue weighted by Gasteiger charge is 2.44. The van der Waals surface area contributed by atoms with E-state index < -0.39 is 0 Å². The summed E-state index contributed by atoms with van der Waals surface area (Å²) in [5.74, 6) is 1.96. The number of Topliss-reactive ketones (excluding diaryl/α,β-unsaturated/α-hetero) is 1. The lowest BCUT2D eigenvalue weighted by Crippen LogP contribution is -2.47. The third-order valence-electron chi connectivity index (χ3n) is 5.45. The topological polar surface area (TPSA) is 52.3 Å². The van der Waals surface area contributed by atoms with Gasteiger partial charge in [0, 0.05) is 18.9 Å². The minimum Gasteiger partial charge on any atom is -0.375 e. The Balaban J connectivity index is 1.79. The van der Waals surface area contributed by atoms with E-state index in [1.165, 1.54) is 19.3 Å². The van der Waals surface area contributed by atoms with Crippen molar-refractivity contribution in [1.29, 1.82) is 0 Å². The zero-order valence-corrected chi connectivity index (χ0v) is 13.2. The predicted octanol–water partition coefficient (Wildman–Crippen LogP) is 3.31. The second-order valence-corrected chi connectivity index (χ2v) is 7.16. The Bertz CT molecular complexity index is 323. The average Bonchev–Trinajstić information content (AvgIpc) is 2.41. The van der Waals surface area contributed by atoms with Crippen LogP contribution in [0.3, 0.4) is 0 Å². The van der Waals surface area contributed by atoms with Crippen molar-refractivity contribution >= 4 is 5.78 Å². The van der Waals surface area contributed by atoms with Crippen LogP contribution in [0.2, 0.25) is 0 Å². The standard InChI is InChI=1S/C17H31NO2/c1-13(2)14(6-10-18)4-5-16(19)15-7-11-20-17(12-15)8-3-9-17/h13-15H,3-12,18H2,1-2H3. The van der Waals surface area contributed by atoms with Crippen molar-refractivity contribution < 1.29 is 9.53 Å². The first-order chi connectivity index (χ1) is 9.56. The lowest BCUT2D eigenvalue weighted by molar-refractivity contribution is -0.155.